The molecule has 2 aliphatic heterocycles. The summed E-state index contributed by atoms with van der Waals surface area (Å²) in [4.78, 5) is 70.0. The molecule has 0 saturated carbocycles. The number of fused-ring (bicyclic) bond motifs is 8. The summed E-state index contributed by atoms with van der Waals surface area (Å²) in [5.74, 6) is 2.11. The van der Waals surface area contributed by atoms with E-state index in [-0.39, 0.29) is 42.8 Å². The normalized spacial score (nSPS) is 11.7. The van der Waals surface area contributed by atoms with Gasteiger partial charge in [0.25, 0.3) is 0 Å². The van der Waals surface area contributed by atoms with Crippen molar-refractivity contribution in [1.82, 2.24) is 19.9 Å². The molecule has 0 unspecified atom stereocenters. The molecule has 13 heteroatoms. The van der Waals surface area contributed by atoms with Crippen LogP contribution in [0.3, 0.4) is 0 Å². The van der Waals surface area contributed by atoms with E-state index in [1.165, 1.54) is 47.0 Å². The van der Waals surface area contributed by atoms with Gasteiger partial charge in [-0.2, -0.15) is 0 Å². The van der Waals surface area contributed by atoms with E-state index in [1.54, 1.807) is 27.7 Å². The van der Waals surface area contributed by atoms with E-state index in [0.29, 0.717) is 67.9 Å². The molecule has 69 heavy (non-hydrogen) atoms. The minimum atomic E-state index is 0. The molecule has 1 radical (unpaired) electrons. The molecular formula is C56H44AgN4O4S4-2. The van der Waals surface area contributed by atoms with E-state index in [4.69, 9.17) is 19.9 Å². The van der Waals surface area contributed by atoms with Crippen LogP contribution < -0.4 is 9.97 Å². The molecule has 349 valence electrons. The SMILES string of the molecule is CC(=O)SCc1cccc(-c2c3nc(c(-c4cccc(CSC(C)=O)c4)c4ccc([n-]4)c(-c4cccc(CSC(C)=O)c4)c4nc(c(-c5cccc(CSC(C)=O)c5)c5ccc2[n-]5)C=C4)C=C3)c1.[Ag]. The molecule has 3 aromatic heterocycles. The van der Waals surface area contributed by atoms with Gasteiger partial charge in [-0.1, -0.05) is 168 Å². The van der Waals surface area contributed by atoms with Gasteiger partial charge in [0.15, 0.2) is 20.5 Å². The second-order valence-corrected chi connectivity index (χ2v) is 20.9. The van der Waals surface area contributed by atoms with E-state index >= 15 is 0 Å². The smallest absolute Gasteiger partial charge is 0.186 e. The zero-order chi connectivity index (χ0) is 47.3. The Balaban J connectivity index is 0.00000642. The molecule has 0 spiro atoms. The van der Waals surface area contributed by atoms with Crippen molar-refractivity contribution in [2.45, 2.75) is 50.7 Å². The third kappa shape index (κ3) is 11.8. The number of rotatable bonds is 12. The van der Waals surface area contributed by atoms with Crippen molar-refractivity contribution < 1.29 is 41.6 Å². The zero-order valence-corrected chi connectivity index (χ0v) is 42.8. The quantitative estimate of drug-likeness (QED) is 0.108. The molecule has 0 aliphatic carbocycles. The van der Waals surface area contributed by atoms with Crippen LogP contribution in [0, 0.1) is 0 Å². The van der Waals surface area contributed by atoms with Crippen LogP contribution in [-0.2, 0) is 64.6 Å². The molecule has 0 amide bonds. The van der Waals surface area contributed by atoms with Crippen molar-refractivity contribution >= 4 is 114 Å². The van der Waals surface area contributed by atoms with Gasteiger partial charge in [-0.15, -0.1) is 22.1 Å². The van der Waals surface area contributed by atoms with Crippen molar-refractivity contribution in [2.75, 3.05) is 0 Å². The third-order valence-electron chi connectivity index (χ3n) is 11.2. The maximum atomic E-state index is 12.1. The predicted octanol–water partition coefficient (Wildman–Crippen LogP) is 13.7. The molecule has 7 aromatic rings. The standard InChI is InChI=1S/C56H44N4O4S4.Ag/c1-33(61)65-29-37-9-5-13-41(25-37)53-45-17-19-47(57-45)54(42-14-6-10-38(26-42)30-66-34(2)62)49-21-23-51(59-49)56(44-16-8-12-40(28-44)32-68-36(4)64)52-24-22-50(60-52)55(48-20-18-46(53)58-48)43-15-7-11-39(27-43)31-67-35(3)63;/h5-28H,29-32H2,1-4H3;/q-2;. The van der Waals surface area contributed by atoms with E-state index in [0.717, 1.165) is 66.8 Å². The molecule has 9 rings (SSSR count). The molecular weight excluding hydrogens is 1030 g/mol. The van der Waals surface area contributed by atoms with Gasteiger partial charge in [0.2, 0.25) is 0 Å². The first kappa shape index (κ1) is 49.7. The fourth-order valence-electron chi connectivity index (χ4n) is 8.28. The number of hydrogen-bond donors (Lipinski definition) is 0. The topological polar surface area (TPSA) is 122 Å². The van der Waals surface area contributed by atoms with Crippen molar-refractivity contribution in [2.24, 2.45) is 0 Å². The Kier molecular flexibility index (Phi) is 16.1. The summed E-state index contributed by atoms with van der Waals surface area (Å²) in [6.45, 7) is 6.32. The first-order valence-corrected chi connectivity index (χ1v) is 25.9. The minimum absolute atomic E-state index is 0. The molecule has 4 aromatic carbocycles. The summed E-state index contributed by atoms with van der Waals surface area (Å²) in [6, 6.07) is 40.9. The van der Waals surface area contributed by atoms with Crippen LogP contribution >= 0.6 is 47.0 Å². The van der Waals surface area contributed by atoms with Crippen molar-refractivity contribution in [3.8, 4) is 44.5 Å². The van der Waals surface area contributed by atoms with Gasteiger partial charge in [-0.25, -0.2) is 9.97 Å². The Morgan fingerprint density at radius 2 is 0.609 bits per heavy atom. The van der Waals surface area contributed by atoms with Crippen LogP contribution in [-0.4, -0.2) is 30.4 Å². The Morgan fingerprint density at radius 3 is 0.826 bits per heavy atom. The molecule has 5 heterocycles. The summed E-state index contributed by atoms with van der Waals surface area (Å²) in [6.07, 6.45) is 8.11. The summed E-state index contributed by atoms with van der Waals surface area (Å²) >= 11 is 5.08. The third-order valence-corrected chi connectivity index (χ3v) is 14.8. The maximum Gasteiger partial charge on any atom is 0.186 e. The number of hydrogen-bond acceptors (Lipinski definition) is 10. The van der Waals surface area contributed by atoms with Gasteiger partial charge >= 0.3 is 0 Å². The predicted molar refractivity (Wildman–Crippen MR) is 286 cm³/mol. The van der Waals surface area contributed by atoms with Gasteiger partial charge < -0.3 is 9.97 Å². The average molecular weight is 1070 g/mol. The number of aromatic nitrogens is 4. The molecule has 0 saturated heterocycles. The molecule has 8 bridgehead atoms. The average Bonchev–Trinajstić information content (AvgIpc) is 4.18. The van der Waals surface area contributed by atoms with E-state index in [2.05, 4.69) is 48.5 Å². The van der Waals surface area contributed by atoms with Crippen LogP contribution in [0.1, 0.15) is 72.7 Å². The van der Waals surface area contributed by atoms with Crippen molar-refractivity contribution in [1.29, 1.82) is 0 Å². The molecule has 2 aliphatic rings. The van der Waals surface area contributed by atoms with E-state index in [1.807, 2.05) is 97.1 Å². The van der Waals surface area contributed by atoms with Crippen LogP contribution in [0.15, 0.2) is 121 Å². The van der Waals surface area contributed by atoms with Crippen LogP contribution in [0.4, 0.5) is 0 Å². The van der Waals surface area contributed by atoms with Gasteiger partial charge in [0.05, 0.1) is 22.8 Å². The Bertz CT molecular complexity index is 2970. The summed E-state index contributed by atoms with van der Waals surface area (Å²) in [7, 11) is 0. The van der Waals surface area contributed by atoms with E-state index in [9.17, 15) is 19.2 Å². The second-order valence-electron chi connectivity index (χ2n) is 16.3. The second kappa shape index (κ2) is 22.4. The van der Waals surface area contributed by atoms with Gasteiger partial charge in [0.1, 0.15) is 0 Å². The minimum Gasteiger partial charge on any atom is -0.657 e. The number of benzene rings is 4. The zero-order valence-electron chi connectivity index (χ0n) is 38.0. The largest absolute Gasteiger partial charge is 0.657 e. The van der Waals surface area contributed by atoms with Crippen molar-refractivity contribution in [3.05, 3.63) is 166 Å². The number of nitrogens with zero attached hydrogens (tertiary/aromatic N) is 4. The monoisotopic (exact) mass is 1070 g/mol. The number of thioether (sulfide) groups is 4. The molecule has 8 nitrogen and oxygen atoms in total. The van der Waals surface area contributed by atoms with Gasteiger partial charge in [0, 0.05) is 73.1 Å². The Morgan fingerprint density at radius 1 is 0.377 bits per heavy atom. The summed E-state index contributed by atoms with van der Waals surface area (Å²) in [5, 5.41) is 0.193. The fraction of sp³-hybridized carbons (Fsp3) is 0.143. The van der Waals surface area contributed by atoms with Crippen LogP contribution in [0.5, 0.6) is 0 Å². The molecule has 0 fully saturated rings. The van der Waals surface area contributed by atoms with Gasteiger partial charge in [-0.05, 0) is 91.1 Å². The Hall–Kier alpha value is -5.70. The van der Waals surface area contributed by atoms with Crippen LogP contribution in [0.25, 0.3) is 90.9 Å². The first-order valence-electron chi connectivity index (χ1n) is 21.9. The van der Waals surface area contributed by atoms with Gasteiger partial charge in [-0.3, -0.25) is 19.2 Å². The number of carbonyl (C=O) groups is 4. The molecule has 0 atom stereocenters. The summed E-state index contributed by atoms with van der Waals surface area (Å²) in [5.41, 5.74) is 16.6. The van der Waals surface area contributed by atoms with Crippen LogP contribution in [0.2, 0.25) is 0 Å². The summed E-state index contributed by atoms with van der Waals surface area (Å²) < 4.78 is 0. The number of carbonyl (C=O) groups excluding carboxylic acids is 4. The van der Waals surface area contributed by atoms with E-state index < -0.39 is 0 Å². The molecule has 0 N–H and O–H groups in total. The Labute approximate surface area is 433 Å². The van der Waals surface area contributed by atoms with Crippen molar-refractivity contribution in [3.63, 3.8) is 0 Å². The first-order chi connectivity index (χ1) is 32.9. The maximum absolute atomic E-state index is 12.1. The fourth-order valence-corrected chi connectivity index (χ4v) is 10.5.